The summed E-state index contributed by atoms with van der Waals surface area (Å²) in [6.07, 6.45) is 0.130. The van der Waals surface area contributed by atoms with E-state index in [1.54, 1.807) is 39.5 Å². The zero-order chi connectivity index (χ0) is 23.8. The highest BCUT2D eigenvalue weighted by Gasteiger charge is 2.17. The fraction of sp³-hybridized carbons (Fsp3) is 0.261. The molecule has 0 aliphatic carbocycles. The van der Waals surface area contributed by atoms with Crippen molar-refractivity contribution in [2.45, 2.75) is 18.1 Å². The monoisotopic (exact) mass is 488 g/mol. The SMILES string of the molecule is C=C(Cl)CSc1nnc(CNC(=O)Cc2cc(OC)ccc2OC)n1-c1ccc(OC)cc1. The molecule has 0 saturated heterocycles. The summed E-state index contributed by atoms with van der Waals surface area (Å²) >= 11 is 7.34. The highest BCUT2D eigenvalue weighted by molar-refractivity contribution is 7.99. The van der Waals surface area contributed by atoms with E-state index in [9.17, 15) is 4.79 Å². The Hall–Kier alpha value is -3.17. The number of nitrogens with one attached hydrogen (secondary N) is 1. The maximum atomic E-state index is 12.7. The number of hydrogen-bond donors (Lipinski definition) is 1. The second-order valence-corrected chi connectivity index (χ2v) is 8.35. The van der Waals surface area contributed by atoms with Crippen molar-refractivity contribution in [2.24, 2.45) is 0 Å². The quantitative estimate of drug-likeness (QED) is 0.408. The third-order valence-corrected chi connectivity index (χ3v) is 5.98. The van der Waals surface area contributed by atoms with Crippen LogP contribution < -0.4 is 19.5 Å². The Morgan fingerprint density at radius 2 is 1.76 bits per heavy atom. The van der Waals surface area contributed by atoms with Gasteiger partial charge >= 0.3 is 0 Å². The van der Waals surface area contributed by atoms with Gasteiger partial charge in [-0.3, -0.25) is 9.36 Å². The highest BCUT2D eigenvalue weighted by atomic mass is 35.5. The van der Waals surface area contributed by atoms with Crippen LogP contribution in [-0.4, -0.2) is 47.8 Å². The number of amides is 1. The number of carbonyl (C=O) groups excluding carboxylic acids is 1. The van der Waals surface area contributed by atoms with Crippen LogP contribution in [-0.2, 0) is 17.8 Å². The van der Waals surface area contributed by atoms with Gasteiger partial charge in [0.1, 0.15) is 17.2 Å². The Bertz CT molecular complexity index is 1120. The van der Waals surface area contributed by atoms with Crippen LogP contribution in [0, 0.1) is 0 Å². The number of hydrogen-bond acceptors (Lipinski definition) is 7. The number of benzene rings is 2. The summed E-state index contributed by atoms with van der Waals surface area (Å²) in [4.78, 5) is 12.7. The molecule has 2 aromatic carbocycles. The lowest BCUT2D eigenvalue weighted by molar-refractivity contribution is -0.120. The first-order valence-corrected chi connectivity index (χ1v) is 11.3. The van der Waals surface area contributed by atoms with E-state index in [0.717, 1.165) is 17.0 Å². The Labute approximate surface area is 201 Å². The Morgan fingerprint density at radius 1 is 1.06 bits per heavy atom. The average Bonchev–Trinajstić information content (AvgIpc) is 3.24. The van der Waals surface area contributed by atoms with E-state index in [2.05, 4.69) is 22.1 Å². The van der Waals surface area contributed by atoms with Crippen LogP contribution in [0.4, 0.5) is 0 Å². The van der Waals surface area contributed by atoms with E-state index in [-0.39, 0.29) is 18.9 Å². The molecule has 1 heterocycles. The van der Waals surface area contributed by atoms with Crippen molar-refractivity contribution in [1.82, 2.24) is 20.1 Å². The Balaban J connectivity index is 1.78. The van der Waals surface area contributed by atoms with Crippen LogP contribution in [0.2, 0.25) is 0 Å². The molecule has 0 bridgehead atoms. The van der Waals surface area contributed by atoms with Crippen LogP contribution in [0.25, 0.3) is 5.69 Å². The predicted octanol–water partition coefficient (Wildman–Crippen LogP) is 4.00. The van der Waals surface area contributed by atoms with Crippen LogP contribution in [0.1, 0.15) is 11.4 Å². The first-order valence-electron chi connectivity index (χ1n) is 9.97. The molecule has 1 aromatic heterocycles. The summed E-state index contributed by atoms with van der Waals surface area (Å²) in [5.41, 5.74) is 1.56. The summed E-state index contributed by atoms with van der Waals surface area (Å²) in [5, 5.41) is 12.6. The minimum absolute atomic E-state index is 0.130. The molecule has 0 aliphatic heterocycles. The summed E-state index contributed by atoms with van der Waals surface area (Å²) in [6.45, 7) is 3.91. The summed E-state index contributed by atoms with van der Waals surface area (Å²) in [5.74, 6) is 2.88. The van der Waals surface area contributed by atoms with Gasteiger partial charge in [-0.2, -0.15) is 0 Å². The number of ether oxygens (including phenoxy) is 3. The van der Waals surface area contributed by atoms with Crippen LogP contribution in [0.5, 0.6) is 17.2 Å². The largest absolute Gasteiger partial charge is 0.497 e. The number of methoxy groups -OCH3 is 3. The van der Waals surface area contributed by atoms with E-state index in [1.807, 2.05) is 28.8 Å². The Morgan fingerprint density at radius 3 is 2.39 bits per heavy atom. The standard InChI is InChI=1S/C23H25ClN4O4S/c1-15(24)14-33-23-27-26-21(28(23)17-5-7-18(30-2)8-6-17)13-25-22(29)12-16-11-19(31-3)9-10-20(16)32-4/h5-11H,1,12-14H2,2-4H3,(H,25,29). The van der Waals surface area contributed by atoms with E-state index in [1.165, 1.54) is 11.8 Å². The number of aromatic nitrogens is 3. The molecule has 174 valence electrons. The minimum atomic E-state index is -0.186. The van der Waals surface area contributed by atoms with Crippen LogP contribution in [0.15, 0.2) is 59.2 Å². The molecular weight excluding hydrogens is 464 g/mol. The number of halogens is 1. The molecule has 8 nitrogen and oxygen atoms in total. The number of thioether (sulfide) groups is 1. The van der Waals surface area contributed by atoms with Gasteiger partial charge in [0.2, 0.25) is 5.91 Å². The van der Waals surface area contributed by atoms with Crippen molar-refractivity contribution in [2.75, 3.05) is 27.1 Å². The molecule has 0 saturated carbocycles. The highest BCUT2D eigenvalue weighted by Crippen LogP contribution is 2.26. The Kier molecular flexibility index (Phi) is 8.62. The van der Waals surface area contributed by atoms with Crippen LogP contribution in [0.3, 0.4) is 0 Å². The van der Waals surface area contributed by atoms with Gasteiger partial charge in [-0.25, -0.2) is 0 Å². The maximum Gasteiger partial charge on any atom is 0.224 e. The molecule has 33 heavy (non-hydrogen) atoms. The van der Waals surface area contributed by atoms with Crippen molar-refractivity contribution in [1.29, 1.82) is 0 Å². The van der Waals surface area contributed by atoms with E-state index >= 15 is 0 Å². The molecular formula is C23H25ClN4O4S. The van der Waals surface area contributed by atoms with Gasteiger partial charge in [-0.15, -0.1) is 10.2 Å². The summed E-state index contributed by atoms with van der Waals surface area (Å²) in [7, 11) is 4.75. The molecule has 3 rings (SSSR count). The first kappa shape index (κ1) is 24.5. The van der Waals surface area contributed by atoms with Crippen molar-refractivity contribution in [3.63, 3.8) is 0 Å². The van der Waals surface area contributed by atoms with Crippen molar-refractivity contribution >= 4 is 29.3 Å². The number of carbonyl (C=O) groups is 1. The lowest BCUT2D eigenvalue weighted by atomic mass is 10.1. The summed E-state index contributed by atoms with van der Waals surface area (Å²) < 4.78 is 17.7. The van der Waals surface area contributed by atoms with Crippen molar-refractivity contribution < 1.29 is 19.0 Å². The van der Waals surface area contributed by atoms with Gasteiger partial charge in [0, 0.05) is 22.0 Å². The zero-order valence-electron chi connectivity index (χ0n) is 18.6. The van der Waals surface area contributed by atoms with Gasteiger partial charge < -0.3 is 19.5 Å². The lowest BCUT2D eigenvalue weighted by Gasteiger charge is -2.13. The van der Waals surface area contributed by atoms with Gasteiger partial charge in [0.25, 0.3) is 0 Å². The molecule has 3 aromatic rings. The molecule has 0 fully saturated rings. The topological polar surface area (TPSA) is 87.5 Å². The zero-order valence-corrected chi connectivity index (χ0v) is 20.2. The molecule has 10 heteroatoms. The van der Waals surface area contributed by atoms with Gasteiger partial charge in [0.15, 0.2) is 11.0 Å². The molecule has 0 aliphatic rings. The molecule has 0 radical (unpaired) electrons. The first-order chi connectivity index (χ1) is 15.9. The lowest BCUT2D eigenvalue weighted by Crippen LogP contribution is -2.26. The number of nitrogens with zero attached hydrogens (tertiary/aromatic N) is 3. The van der Waals surface area contributed by atoms with E-state index in [4.69, 9.17) is 25.8 Å². The van der Waals surface area contributed by atoms with E-state index < -0.39 is 0 Å². The number of rotatable bonds is 11. The second-order valence-electron chi connectivity index (χ2n) is 6.87. The van der Waals surface area contributed by atoms with Gasteiger partial charge in [0.05, 0.1) is 34.3 Å². The van der Waals surface area contributed by atoms with Crippen molar-refractivity contribution in [3.8, 4) is 22.9 Å². The normalized spacial score (nSPS) is 10.5. The van der Waals surface area contributed by atoms with Gasteiger partial charge in [-0.05, 0) is 42.5 Å². The second kappa shape index (κ2) is 11.6. The van der Waals surface area contributed by atoms with Crippen molar-refractivity contribution in [3.05, 3.63) is 65.5 Å². The average molecular weight is 489 g/mol. The maximum absolute atomic E-state index is 12.7. The smallest absolute Gasteiger partial charge is 0.224 e. The molecule has 0 unspecified atom stereocenters. The fourth-order valence-corrected chi connectivity index (χ4v) is 3.96. The molecule has 0 atom stereocenters. The summed E-state index contributed by atoms with van der Waals surface area (Å²) in [6, 6.07) is 12.8. The minimum Gasteiger partial charge on any atom is -0.497 e. The molecule has 1 N–H and O–H groups in total. The molecule has 1 amide bonds. The van der Waals surface area contributed by atoms with Gasteiger partial charge in [-0.1, -0.05) is 29.9 Å². The fourth-order valence-electron chi connectivity index (χ4n) is 3.07. The third-order valence-electron chi connectivity index (χ3n) is 4.67. The third kappa shape index (κ3) is 6.43. The van der Waals surface area contributed by atoms with Crippen LogP contribution >= 0.6 is 23.4 Å². The predicted molar refractivity (Wildman–Crippen MR) is 129 cm³/mol. The molecule has 0 spiro atoms. The van der Waals surface area contributed by atoms with E-state index in [0.29, 0.717) is 33.3 Å².